The van der Waals surface area contributed by atoms with Crippen molar-refractivity contribution in [3.05, 3.63) is 35.4 Å². The first kappa shape index (κ1) is 14.6. The summed E-state index contributed by atoms with van der Waals surface area (Å²) in [6.45, 7) is 4.04. The van der Waals surface area contributed by atoms with E-state index in [1.807, 2.05) is 19.9 Å². The molecule has 1 rings (SSSR count). The second kappa shape index (κ2) is 6.43. The largest absolute Gasteiger partial charge is 0.387 e. The van der Waals surface area contributed by atoms with Gasteiger partial charge in [0.25, 0.3) is 0 Å². The van der Waals surface area contributed by atoms with Crippen LogP contribution in [-0.2, 0) is 0 Å². The van der Waals surface area contributed by atoms with Crippen LogP contribution in [-0.4, -0.2) is 29.1 Å². The molecular formula is C13H16F2N2O. The standard InChI is InChI=1S/C13H16F2N2O/c1-9(2)17(6-5-16)8-13(18)11-4-3-10(14)7-12(11)15/h3-4,7,9,13,18H,6,8H2,1-2H3. The van der Waals surface area contributed by atoms with Crippen molar-refractivity contribution < 1.29 is 13.9 Å². The Morgan fingerprint density at radius 3 is 2.56 bits per heavy atom. The monoisotopic (exact) mass is 254 g/mol. The highest BCUT2D eigenvalue weighted by Crippen LogP contribution is 2.19. The first-order valence-corrected chi connectivity index (χ1v) is 5.69. The summed E-state index contributed by atoms with van der Waals surface area (Å²) in [5, 5.41) is 18.6. The molecule has 0 aromatic heterocycles. The van der Waals surface area contributed by atoms with E-state index in [1.54, 1.807) is 4.90 Å². The molecule has 98 valence electrons. The van der Waals surface area contributed by atoms with Crippen LogP contribution in [0.15, 0.2) is 18.2 Å². The summed E-state index contributed by atoms with van der Waals surface area (Å²) >= 11 is 0. The fourth-order valence-electron chi connectivity index (χ4n) is 1.64. The van der Waals surface area contributed by atoms with Crippen LogP contribution in [0.25, 0.3) is 0 Å². The molecule has 3 nitrogen and oxygen atoms in total. The zero-order chi connectivity index (χ0) is 13.7. The molecule has 0 aliphatic rings. The predicted octanol–water partition coefficient (Wildman–Crippen LogP) is 2.23. The van der Waals surface area contributed by atoms with E-state index < -0.39 is 17.7 Å². The minimum absolute atomic E-state index is 0.0417. The lowest BCUT2D eigenvalue weighted by Gasteiger charge is -2.26. The second-order valence-electron chi connectivity index (χ2n) is 4.36. The molecule has 0 saturated carbocycles. The Morgan fingerprint density at radius 2 is 2.06 bits per heavy atom. The average Bonchev–Trinajstić information content (AvgIpc) is 2.27. The SMILES string of the molecule is CC(C)N(CC#N)CC(O)c1ccc(F)cc1F. The molecule has 0 fully saturated rings. The molecule has 0 amide bonds. The molecule has 1 unspecified atom stereocenters. The molecule has 0 spiro atoms. The number of nitriles is 1. The molecule has 0 aliphatic carbocycles. The lowest BCUT2D eigenvalue weighted by Crippen LogP contribution is -2.35. The second-order valence-corrected chi connectivity index (χ2v) is 4.36. The normalized spacial score (nSPS) is 12.8. The van der Waals surface area contributed by atoms with Gasteiger partial charge in [0.1, 0.15) is 11.6 Å². The van der Waals surface area contributed by atoms with E-state index in [0.29, 0.717) is 0 Å². The summed E-state index contributed by atoms with van der Waals surface area (Å²) in [6, 6.07) is 5.11. The minimum Gasteiger partial charge on any atom is -0.387 e. The quantitative estimate of drug-likeness (QED) is 0.820. The molecule has 1 aromatic carbocycles. The molecule has 0 radical (unpaired) electrons. The van der Waals surface area contributed by atoms with Crippen LogP contribution in [0.2, 0.25) is 0 Å². The zero-order valence-electron chi connectivity index (χ0n) is 10.4. The molecule has 0 aliphatic heterocycles. The van der Waals surface area contributed by atoms with Gasteiger partial charge in [-0.2, -0.15) is 5.26 Å². The van der Waals surface area contributed by atoms with Crippen LogP contribution in [0.1, 0.15) is 25.5 Å². The van der Waals surface area contributed by atoms with E-state index in [9.17, 15) is 13.9 Å². The first-order chi connectivity index (χ1) is 8.45. The van der Waals surface area contributed by atoms with Gasteiger partial charge < -0.3 is 5.11 Å². The Labute approximate surface area is 105 Å². The Bertz CT molecular complexity index is 443. The molecule has 1 aromatic rings. The maximum atomic E-state index is 13.5. The maximum absolute atomic E-state index is 13.5. The van der Waals surface area contributed by atoms with Gasteiger partial charge in [0.05, 0.1) is 18.7 Å². The van der Waals surface area contributed by atoms with Gasteiger partial charge in [-0.1, -0.05) is 6.07 Å². The van der Waals surface area contributed by atoms with Crippen molar-refractivity contribution in [2.45, 2.75) is 26.0 Å². The molecule has 1 N–H and O–H groups in total. The molecule has 0 bridgehead atoms. The topological polar surface area (TPSA) is 47.3 Å². The summed E-state index contributed by atoms with van der Waals surface area (Å²) in [6.07, 6.45) is -1.08. The maximum Gasteiger partial charge on any atom is 0.131 e. The number of aliphatic hydroxyl groups is 1. The van der Waals surface area contributed by atoms with Crippen LogP contribution in [0, 0.1) is 23.0 Å². The van der Waals surface area contributed by atoms with Gasteiger partial charge in [0.2, 0.25) is 0 Å². The van der Waals surface area contributed by atoms with Crippen molar-refractivity contribution >= 4 is 0 Å². The van der Waals surface area contributed by atoms with Gasteiger partial charge in [0, 0.05) is 24.2 Å². The third kappa shape index (κ3) is 3.76. The highest BCUT2D eigenvalue weighted by molar-refractivity contribution is 5.21. The number of hydrogen-bond acceptors (Lipinski definition) is 3. The Hall–Kier alpha value is -1.51. The number of rotatable bonds is 5. The van der Waals surface area contributed by atoms with Gasteiger partial charge >= 0.3 is 0 Å². The van der Waals surface area contributed by atoms with Gasteiger partial charge in [-0.05, 0) is 19.9 Å². The van der Waals surface area contributed by atoms with Crippen molar-refractivity contribution in [1.29, 1.82) is 5.26 Å². The van der Waals surface area contributed by atoms with Crippen molar-refractivity contribution in [1.82, 2.24) is 4.90 Å². The molecule has 18 heavy (non-hydrogen) atoms. The summed E-state index contributed by atoms with van der Waals surface area (Å²) < 4.78 is 26.2. The fraction of sp³-hybridized carbons (Fsp3) is 0.462. The molecule has 0 saturated heterocycles. The van der Waals surface area contributed by atoms with Gasteiger partial charge in [0.15, 0.2) is 0 Å². The first-order valence-electron chi connectivity index (χ1n) is 5.69. The van der Waals surface area contributed by atoms with Gasteiger partial charge in [-0.15, -0.1) is 0 Å². The average molecular weight is 254 g/mol. The number of nitrogens with zero attached hydrogens (tertiary/aromatic N) is 2. The smallest absolute Gasteiger partial charge is 0.131 e. The van der Waals surface area contributed by atoms with Crippen LogP contribution >= 0.6 is 0 Å². The minimum atomic E-state index is -1.08. The number of aliphatic hydroxyl groups excluding tert-OH is 1. The summed E-state index contributed by atoms with van der Waals surface area (Å²) in [7, 11) is 0. The van der Waals surface area contributed by atoms with Crippen molar-refractivity contribution in [2.24, 2.45) is 0 Å². The molecular weight excluding hydrogens is 238 g/mol. The van der Waals surface area contributed by atoms with Crippen LogP contribution in [0.4, 0.5) is 8.78 Å². The summed E-state index contributed by atoms with van der Waals surface area (Å²) in [4.78, 5) is 1.72. The van der Waals surface area contributed by atoms with E-state index >= 15 is 0 Å². The molecule has 5 heteroatoms. The van der Waals surface area contributed by atoms with E-state index in [0.717, 1.165) is 12.1 Å². The third-order valence-corrected chi connectivity index (χ3v) is 2.73. The number of hydrogen-bond donors (Lipinski definition) is 1. The summed E-state index contributed by atoms with van der Waals surface area (Å²) in [5.41, 5.74) is 0.0417. The van der Waals surface area contributed by atoms with Crippen molar-refractivity contribution in [2.75, 3.05) is 13.1 Å². The highest BCUT2D eigenvalue weighted by Gasteiger charge is 2.18. The zero-order valence-corrected chi connectivity index (χ0v) is 10.4. The predicted molar refractivity (Wildman–Crippen MR) is 63.6 cm³/mol. The van der Waals surface area contributed by atoms with E-state index in [1.165, 1.54) is 6.07 Å². The molecule has 1 atom stereocenters. The highest BCUT2D eigenvalue weighted by atomic mass is 19.1. The Morgan fingerprint density at radius 1 is 1.39 bits per heavy atom. The third-order valence-electron chi connectivity index (χ3n) is 2.73. The fourth-order valence-corrected chi connectivity index (χ4v) is 1.64. The van der Waals surface area contributed by atoms with Gasteiger partial charge in [-0.25, -0.2) is 8.78 Å². The number of benzene rings is 1. The van der Waals surface area contributed by atoms with Gasteiger partial charge in [-0.3, -0.25) is 4.90 Å². The van der Waals surface area contributed by atoms with E-state index in [4.69, 9.17) is 5.26 Å². The van der Waals surface area contributed by atoms with Crippen molar-refractivity contribution in [3.8, 4) is 6.07 Å². The Kier molecular flexibility index (Phi) is 5.20. The molecule has 0 heterocycles. The van der Waals surface area contributed by atoms with Crippen LogP contribution in [0.5, 0.6) is 0 Å². The van der Waals surface area contributed by atoms with Crippen LogP contribution in [0.3, 0.4) is 0 Å². The summed E-state index contributed by atoms with van der Waals surface area (Å²) in [5.74, 6) is -1.45. The Balaban J connectivity index is 2.80. The van der Waals surface area contributed by atoms with Crippen LogP contribution < -0.4 is 0 Å². The lowest BCUT2D eigenvalue weighted by atomic mass is 10.1. The van der Waals surface area contributed by atoms with E-state index in [-0.39, 0.29) is 24.7 Å². The number of halogens is 2. The lowest BCUT2D eigenvalue weighted by molar-refractivity contribution is 0.101. The van der Waals surface area contributed by atoms with E-state index in [2.05, 4.69) is 0 Å². The van der Waals surface area contributed by atoms with Crippen molar-refractivity contribution in [3.63, 3.8) is 0 Å².